The standard InChI is InChI=1S/C19H22O4/c1-3-14(2)22-13-17(15-9-5-4-6-10-15)16-11-7-8-12-18(16)23-19(20)21/h4-12,14,17H,3,13H2,1-2H3,(H,20,21). The van der Waals surface area contributed by atoms with E-state index in [9.17, 15) is 4.79 Å². The number of rotatable bonds is 7. The van der Waals surface area contributed by atoms with E-state index in [1.165, 1.54) is 0 Å². The minimum atomic E-state index is -1.31. The van der Waals surface area contributed by atoms with Crippen LogP contribution in [0.25, 0.3) is 0 Å². The zero-order valence-electron chi connectivity index (χ0n) is 13.4. The number of hydrogen-bond donors (Lipinski definition) is 1. The first-order valence-electron chi connectivity index (χ1n) is 7.78. The highest BCUT2D eigenvalue weighted by atomic mass is 16.7. The van der Waals surface area contributed by atoms with Crippen molar-refractivity contribution >= 4 is 6.16 Å². The van der Waals surface area contributed by atoms with Gasteiger partial charge in [0.1, 0.15) is 5.75 Å². The molecule has 0 amide bonds. The van der Waals surface area contributed by atoms with Gasteiger partial charge in [0, 0.05) is 11.5 Å². The second kappa shape index (κ2) is 8.34. The van der Waals surface area contributed by atoms with Gasteiger partial charge >= 0.3 is 6.16 Å². The lowest BCUT2D eigenvalue weighted by molar-refractivity contribution is 0.0581. The average Bonchev–Trinajstić information content (AvgIpc) is 2.56. The van der Waals surface area contributed by atoms with E-state index in [2.05, 4.69) is 6.92 Å². The van der Waals surface area contributed by atoms with Gasteiger partial charge in [0.05, 0.1) is 12.7 Å². The van der Waals surface area contributed by atoms with Crippen LogP contribution in [0, 0.1) is 0 Å². The molecular formula is C19H22O4. The van der Waals surface area contributed by atoms with E-state index in [4.69, 9.17) is 14.6 Å². The molecule has 122 valence electrons. The van der Waals surface area contributed by atoms with Gasteiger partial charge in [0.2, 0.25) is 0 Å². The van der Waals surface area contributed by atoms with Crippen LogP contribution in [0.3, 0.4) is 0 Å². The number of para-hydroxylation sites is 1. The SMILES string of the molecule is CCC(C)OCC(c1ccccc1)c1ccccc1OC(=O)O. The van der Waals surface area contributed by atoms with Crippen molar-refractivity contribution < 1.29 is 19.4 Å². The Morgan fingerprint density at radius 3 is 2.39 bits per heavy atom. The van der Waals surface area contributed by atoms with Gasteiger partial charge in [-0.15, -0.1) is 0 Å². The third-order valence-electron chi connectivity index (χ3n) is 3.82. The lowest BCUT2D eigenvalue weighted by atomic mass is 9.91. The third kappa shape index (κ3) is 4.83. The van der Waals surface area contributed by atoms with E-state index < -0.39 is 6.16 Å². The molecule has 0 aromatic heterocycles. The van der Waals surface area contributed by atoms with E-state index in [0.717, 1.165) is 17.5 Å². The van der Waals surface area contributed by atoms with E-state index >= 15 is 0 Å². The fourth-order valence-corrected chi connectivity index (χ4v) is 2.38. The number of ether oxygens (including phenoxy) is 2. The Morgan fingerprint density at radius 1 is 1.09 bits per heavy atom. The Kier molecular flexibility index (Phi) is 6.18. The first-order chi connectivity index (χ1) is 11.1. The van der Waals surface area contributed by atoms with Crippen molar-refractivity contribution in [2.75, 3.05) is 6.61 Å². The first kappa shape index (κ1) is 17.0. The minimum Gasteiger partial charge on any atom is -0.449 e. The van der Waals surface area contributed by atoms with Crippen molar-refractivity contribution in [3.63, 3.8) is 0 Å². The van der Waals surface area contributed by atoms with Gasteiger partial charge in [-0.05, 0) is 25.0 Å². The molecule has 0 radical (unpaired) electrons. The number of hydrogen-bond acceptors (Lipinski definition) is 3. The first-order valence-corrected chi connectivity index (χ1v) is 7.78. The second-order valence-corrected chi connectivity index (χ2v) is 5.42. The summed E-state index contributed by atoms with van der Waals surface area (Å²) < 4.78 is 10.9. The average molecular weight is 314 g/mol. The van der Waals surface area contributed by atoms with Crippen LogP contribution in [0.1, 0.15) is 37.3 Å². The van der Waals surface area contributed by atoms with Crippen LogP contribution < -0.4 is 4.74 Å². The molecule has 1 N–H and O–H groups in total. The normalized spacial score (nSPS) is 13.3. The lowest BCUT2D eigenvalue weighted by Crippen LogP contribution is -2.16. The molecule has 2 atom stereocenters. The van der Waals surface area contributed by atoms with Gasteiger partial charge in [-0.2, -0.15) is 0 Å². The molecule has 0 fully saturated rings. The van der Waals surface area contributed by atoms with Crippen LogP contribution in [0.2, 0.25) is 0 Å². The van der Waals surface area contributed by atoms with Crippen molar-refractivity contribution in [1.29, 1.82) is 0 Å². The van der Waals surface area contributed by atoms with Gasteiger partial charge in [-0.3, -0.25) is 0 Å². The van der Waals surface area contributed by atoms with E-state index in [0.29, 0.717) is 12.4 Å². The lowest BCUT2D eigenvalue weighted by Gasteiger charge is -2.22. The van der Waals surface area contributed by atoms with Crippen molar-refractivity contribution in [2.45, 2.75) is 32.3 Å². The topological polar surface area (TPSA) is 55.8 Å². The highest BCUT2D eigenvalue weighted by Gasteiger charge is 2.20. The summed E-state index contributed by atoms with van der Waals surface area (Å²) in [5.74, 6) is 0.266. The summed E-state index contributed by atoms with van der Waals surface area (Å²) in [6.45, 7) is 4.57. The molecule has 0 spiro atoms. The molecule has 0 saturated heterocycles. The summed E-state index contributed by atoms with van der Waals surface area (Å²) in [5.41, 5.74) is 1.88. The molecule has 0 saturated carbocycles. The molecule has 2 rings (SSSR count). The smallest absolute Gasteiger partial charge is 0.449 e. The molecule has 0 aliphatic heterocycles. The van der Waals surface area contributed by atoms with Crippen LogP contribution in [0.5, 0.6) is 5.75 Å². The van der Waals surface area contributed by atoms with Gasteiger partial charge in [-0.25, -0.2) is 4.79 Å². The quantitative estimate of drug-likeness (QED) is 0.595. The summed E-state index contributed by atoms with van der Waals surface area (Å²) in [7, 11) is 0. The van der Waals surface area contributed by atoms with E-state index in [1.807, 2.05) is 49.4 Å². The van der Waals surface area contributed by atoms with Crippen molar-refractivity contribution in [2.24, 2.45) is 0 Å². The Morgan fingerprint density at radius 2 is 1.74 bits per heavy atom. The molecular weight excluding hydrogens is 292 g/mol. The Hall–Kier alpha value is -2.33. The summed E-state index contributed by atoms with van der Waals surface area (Å²) >= 11 is 0. The van der Waals surface area contributed by atoms with E-state index in [-0.39, 0.29) is 12.0 Å². The minimum absolute atomic E-state index is 0.0826. The molecule has 0 aliphatic carbocycles. The predicted molar refractivity (Wildman–Crippen MR) is 89.1 cm³/mol. The van der Waals surface area contributed by atoms with Gasteiger partial charge in [-0.1, -0.05) is 55.5 Å². The zero-order valence-corrected chi connectivity index (χ0v) is 13.4. The summed E-state index contributed by atoms with van der Waals surface area (Å²) in [5, 5.41) is 8.95. The maximum absolute atomic E-state index is 10.9. The monoisotopic (exact) mass is 314 g/mol. The Bertz CT molecular complexity index is 624. The maximum atomic E-state index is 10.9. The molecule has 23 heavy (non-hydrogen) atoms. The third-order valence-corrected chi connectivity index (χ3v) is 3.82. The molecule has 0 aliphatic rings. The molecule has 0 heterocycles. The van der Waals surface area contributed by atoms with Crippen molar-refractivity contribution in [3.05, 3.63) is 65.7 Å². The summed E-state index contributed by atoms with van der Waals surface area (Å²) in [6.07, 6.45) is -0.240. The fourth-order valence-electron chi connectivity index (χ4n) is 2.38. The van der Waals surface area contributed by atoms with Crippen LogP contribution in [-0.2, 0) is 4.74 Å². The van der Waals surface area contributed by atoms with Gasteiger partial charge < -0.3 is 14.6 Å². The van der Waals surface area contributed by atoms with Gasteiger partial charge in [0.25, 0.3) is 0 Å². The van der Waals surface area contributed by atoms with Crippen molar-refractivity contribution in [1.82, 2.24) is 0 Å². The number of carboxylic acid groups (broad SMARTS) is 1. The molecule has 2 unspecified atom stereocenters. The molecule has 0 bridgehead atoms. The Labute approximate surface area is 136 Å². The van der Waals surface area contributed by atoms with Crippen molar-refractivity contribution in [3.8, 4) is 5.75 Å². The van der Waals surface area contributed by atoms with Crippen LogP contribution in [0.15, 0.2) is 54.6 Å². The number of benzene rings is 2. The molecule has 2 aromatic rings. The molecule has 2 aromatic carbocycles. The van der Waals surface area contributed by atoms with E-state index in [1.54, 1.807) is 12.1 Å². The Balaban J connectivity index is 2.35. The highest BCUT2D eigenvalue weighted by Crippen LogP contribution is 2.32. The second-order valence-electron chi connectivity index (χ2n) is 5.42. The van der Waals surface area contributed by atoms with Crippen LogP contribution in [-0.4, -0.2) is 24.0 Å². The largest absolute Gasteiger partial charge is 0.511 e. The zero-order chi connectivity index (χ0) is 16.7. The molecule has 4 heteroatoms. The maximum Gasteiger partial charge on any atom is 0.511 e. The van der Waals surface area contributed by atoms with Crippen LogP contribution in [0.4, 0.5) is 4.79 Å². The van der Waals surface area contributed by atoms with Crippen LogP contribution >= 0.6 is 0 Å². The summed E-state index contributed by atoms with van der Waals surface area (Å²) in [6, 6.07) is 17.1. The molecule has 4 nitrogen and oxygen atoms in total. The highest BCUT2D eigenvalue weighted by molar-refractivity contribution is 5.62. The van der Waals surface area contributed by atoms with Gasteiger partial charge in [0.15, 0.2) is 0 Å². The number of carbonyl (C=O) groups is 1. The fraction of sp³-hybridized carbons (Fsp3) is 0.316. The summed E-state index contributed by atoms with van der Waals surface area (Å²) in [4.78, 5) is 10.9. The predicted octanol–water partition coefficient (Wildman–Crippen LogP) is 4.69.